The van der Waals surface area contributed by atoms with E-state index < -0.39 is 11.7 Å². The second-order valence-electron chi connectivity index (χ2n) is 6.77. The van der Waals surface area contributed by atoms with Crippen LogP contribution in [0.1, 0.15) is 58.1 Å². The minimum absolute atomic E-state index is 0.0319. The Hall–Kier alpha value is -1.76. The molecular formula is C21H27F3N2OS. The Labute approximate surface area is 169 Å². The summed E-state index contributed by atoms with van der Waals surface area (Å²) in [6, 6.07) is 1.13. The molecule has 0 saturated carbocycles. The Bertz CT molecular complexity index is 784. The molecule has 2 heterocycles. The minimum atomic E-state index is -4.41. The van der Waals surface area contributed by atoms with Crippen LogP contribution in [-0.2, 0) is 17.4 Å². The first kappa shape index (κ1) is 22.5. The van der Waals surface area contributed by atoms with Crippen molar-refractivity contribution in [1.82, 2.24) is 9.88 Å². The van der Waals surface area contributed by atoms with Gasteiger partial charge in [0.05, 0.1) is 16.3 Å². The van der Waals surface area contributed by atoms with Crippen molar-refractivity contribution < 1.29 is 18.0 Å². The van der Waals surface area contributed by atoms with E-state index in [1.165, 1.54) is 22.9 Å². The van der Waals surface area contributed by atoms with Crippen LogP contribution in [0.2, 0.25) is 0 Å². The molecule has 2 rings (SSSR count). The van der Waals surface area contributed by atoms with Gasteiger partial charge in [-0.3, -0.25) is 4.79 Å². The van der Waals surface area contributed by atoms with Crippen molar-refractivity contribution in [2.75, 3.05) is 12.3 Å². The zero-order valence-electron chi connectivity index (χ0n) is 16.8. The summed E-state index contributed by atoms with van der Waals surface area (Å²) in [5, 5.41) is 0.491. The first-order chi connectivity index (χ1) is 13.2. The number of carbonyl (C=O) groups excluding carboxylic acids is 1. The number of rotatable bonds is 5. The van der Waals surface area contributed by atoms with Crippen LogP contribution in [0, 0.1) is 0 Å². The molecule has 0 aromatic carbocycles. The van der Waals surface area contributed by atoms with E-state index in [0.29, 0.717) is 23.6 Å². The van der Waals surface area contributed by atoms with Crippen molar-refractivity contribution in [3.8, 4) is 0 Å². The summed E-state index contributed by atoms with van der Waals surface area (Å²) >= 11 is 1.21. The predicted molar refractivity (Wildman–Crippen MR) is 107 cm³/mol. The number of hydrogen-bond donors (Lipinski definition) is 0. The van der Waals surface area contributed by atoms with Crippen LogP contribution in [0.3, 0.4) is 0 Å². The smallest absolute Gasteiger partial charge is 0.311 e. The number of hydrogen-bond acceptors (Lipinski definition) is 3. The number of allylic oxidation sites excluding steroid dienone is 3. The number of halogens is 3. The summed E-state index contributed by atoms with van der Waals surface area (Å²) in [4.78, 5) is 18.7. The maximum absolute atomic E-state index is 12.9. The average Bonchev–Trinajstić information content (AvgIpc) is 2.69. The van der Waals surface area contributed by atoms with Crippen molar-refractivity contribution >= 4 is 17.7 Å². The fourth-order valence-corrected chi connectivity index (χ4v) is 4.21. The van der Waals surface area contributed by atoms with E-state index in [0.717, 1.165) is 37.2 Å². The van der Waals surface area contributed by atoms with Crippen molar-refractivity contribution in [3.05, 3.63) is 46.3 Å². The number of nitrogens with zero attached hydrogens (tertiary/aromatic N) is 2. The van der Waals surface area contributed by atoms with Gasteiger partial charge in [0.15, 0.2) is 0 Å². The average molecular weight is 413 g/mol. The molecule has 1 aliphatic heterocycles. The van der Waals surface area contributed by atoms with Crippen LogP contribution in [0.25, 0.3) is 0 Å². The molecular weight excluding hydrogens is 385 g/mol. The van der Waals surface area contributed by atoms with Crippen LogP contribution in [0.5, 0.6) is 0 Å². The normalized spacial score (nSPS) is 18.5. The molecule has 0 radical (unpaired) electrons. The van der Waals surface area contributed by atoms with Gasteiger partial charge in [0, 0.05) is 18.4 Å². The lowest BCUT2D eigenvalue weighted by Crippen LogP contribution is -2.37. The molecule has 28 heavy (non-hydrogen) atoms. The van der Waals surface area contributed by atoms with E-state index in [9.17, 15) is 18.0 Å². The molecule has 3 nitrogen and oxygen atoms in total. The topological polar surface area (TPSA) is 33.2 Å². The van der Waals surface area contributed by atoms with E-state index >= 15 is 0 Å². The summed E-state index contributed by atoms with van der Waals surface area (Å²) in [6.45, 7) is 8.56. The lowest BCUT2D eigenvalue weighted by atomic mass is 9.95. The Morgan fingerprint density at radius 2 is 2.07 bits per heavy atom. The maximum Gasteiger partial charge on any atom is 0.417 e. The zero-order chi connectivity index (χ0) is 20.9. The number of carbonyl (C=O) groups is 1. The van der Waals surface area contributed by atoms with Crippen molar-refractivity contribution in [1.29, 1.82) is 0 Å². The number of piperidine rings is 1. The maximum atomic E-state index is 12.9. The lowest BCUT2D eigenvalue weighted by molar-refractivity contribution is -0.138. The highest BCUT2D eigenvalue weighted by atomic mass is 32.2. The van der Waals surface area contributed by atoms with E-state index in [-0.39, 0.29) is 11.7 Å². The molecule has 154 valence electrons. The van der Waals surface area contributed by atoms with Gasteiger partial charge < -0.3 is 4.90 Å². The standard InChI is InChI=1S/C21H27F3N2OS/c1-5-14(4)19-15(6-2)9-8-10-26(19)18(27)13-28-20-16(7-3)11-17(12-25-20)21(22,23)24/h6,11-12H,5,7-10,13H2,1-4H3/b15-6-,19-14+. The number of aromatic nitrogens is 1. The van der Waals surface area contributed by atoms with Gasteiger partial charge in [-0.05, 0) is 62.3 Å². The molecule has 0 spiro atoms. The minimum Gasteiger partial charge on any atom is -0.311 e. The third-order valence-electron chi connectivity index (χ3n) is 4.95. The summed E-state index contributed by atoms with van der Waals surface area (Å²) in [5.74, 6) is 0.124. The molecule has 1 aromatic rings. The van der Waals surface area contributed by atoms with Crippen LogP contribution in [-0.4, -0.2) is 28.1 Å². The van der Waals surface area contributed by atoms with Crippen LogP contribution in [0.4, 0.5) is 13.2 Å². The first-order valence-electron chi connectivity index (χ1n) is 9.57. The molecule has 0 bridgehead atoms. The number of likely N-dealkylation sites (tertiary alicyclic amines) is 1. The highest BCUT2D eigenvalue weighted by Crippen LogP contribution is 2.33. The van der Waals surface area contributed by atoms with Gasteiger partial charge in [-0.15, -0.1) is 0 Å². The van der Waals surface area contributed by atoms with Gasteiger partial charge in [0.25, 0.3) is 0 Å². The molecule has 0 unspecified atom stereocenters. The summed E-state index contributed by atoms with van der Waals surface area (Å²) in [5.41, 5.74) is 3.13. The highest BCUT2D eigenvalue weighted by molar-refractivity contribution is 7.99. The predicted octanol–water partition coefficient (Wildman–Crippen LogP) is 6.01. The van der Waals surface area contributed by atoms with Crippen molar-refractivity contribution in [2.45, 2.75) is 64.6 Å². The molecule has 0 atom stereocenters. The zero-order valence-corrected chi connectivity index (χ0v) is 17.6. The molecule has 1 aromatic heterocycles. The molecule has 1 fully saturated rings. The van der Waals surface area contributed by atoms with Crippen LogP contribution >= 0.6 is 11.8 Å². The number of thioether (sulfide) groups is 1. The second kappa shape index (κ2) is 9.63. The number of amides is 1. The Balaban J connectivity index is 2.19. The van der Waals surface area contributed by atoms with E-state index in [1.54, 1.807) is 6.92 Å². The quantitative estimate of drug-likeness (QED) is 0.556. The monoisotopic (exact) mass is 412 g/mol. The molecule has 1 aliphatic rings. The van der Waals surface area contributed by atoms with Gasteiger partial charge in [-0.1, -0.05) is 31.7 Å². The van der Waals surface area contributed by atoms with Gasteiger partial charge >= 0.3 is 6.18 Å². The largest absolute Gasteiger partial charge is 0.417 e. The van der Waals surface area contributed by atoms with Crippen molar-refractivity contribution in [3.63, 3.8) is 0 Å². The van der Waals surface area contributed by atoms with Gasteiger partial charge in [0.1, 0.15) is 0 Å². The highest BCUT2D eigenvalue weighted by Gasteiger charge is 2.32. The van der Waals surface area contributed by atoms with Crippen LogP contribution in [0.15, 0.2) is 40.2 Å². The van der Waals surface area contributed by atoms with E-state index in [2.05, 4.69) is 18.0 Å². The third-order valence-corrected chi connectivity index (χ3v) is 5.98. The molecule has 1 saturated heterocycles. The van der Waals surface area contributed by atoms with E-state index in [1.807, 2.05) is 18.7 Å². The van der Waals surface area contributed by atoms with Crippen molar-refractivity contribution in [2.24, 2.45) is 0 Å². The second-order valence-corrected chi connectivity index (χ2v) is 7.74. The molecule has 1 amide bonds. The number of alkyl halides is 3. The summed E-state index contributed by atoms with van der Waals surface area (Å²) in [7, 11) is 0. The van der Waals surface area contributed by atoms with Crippen LogP contribution < -0.4 is 0 Å². The fraction of sp³-hybridized carbons (Fsp3) is 0.524. The Morgan fingerprint density at radius 3 is 2.64 bits per heavy atom. The molecule has 0 aliphatic carbocycles. The SMILES string of the molecule is C/C=C1/CCCN(C(=O)CSc2ncc(C(F)(F)F)cc2CC)/C1=C(\C)CC. The third kappa shape index (κ3) is 5.19. The molecule has 0 N–H and O–H groups in total. The number of aryl methyl sites for hydroxylation is 1. The summed E-state index contributed by atoms with van der Waals surface area (Å²) in [6.07, 6.45) is 1.66. The first-order valence-corrected chi connectivity index (χ1v) is 10.6. The number of pyridine rings is 1. The Morgan fingerprint density at radius 1 is 1.36 bits per heavy atom. The summed E-state index contributed by atoms with van der Waals surface area (Å²) < 4.78 is 38.7. The van der Waals surface area contributed by atoms with Gasteiger partial charge in [-0.2, -0.15) is 13.2 Å². The van der Waals surface area contributed by atoms with Gasteiger partial charge in [-0.25, -0.2) is 4.98 Å². The van der Waals surface area contributed by atoms with Gasteiger partial charge in [0.2, 0.25) is 5.91 Å². The molecule has 7 heteroatoms. The lowest BCUT2D eigenvalue weighted by Gasteiger charge is -2.33. The fourth-order valence-electron chi connectivity index (χ4n) is 3.28. The van der Waals surface area contributed by atoms with E-state index in [4.69, 9.17) is 0 Å². The Kier molecular flexibility index (Phi) is 7.75.